The average molecular weight is 485 g/mol. The van der Waals surface area contributed by atoms with Crippen LogP contribution in [0.3, 0.4) is 0 Å². The number of carbonyl (C=O) groups excluding carboxylic acids is 2. The smallest absolute Gasteiger partial charge is 0.295 e. The van der Waals surface area contributed by atoms with Crippen molar-refractivity contribution in [2.24, 2.45) is 7.05 Å². The van der Waals surface area contributed by atoms with Crippen LogP contribution in [0.15, 0.2) is 83.7 Å². The van der Waals surface area contributed by atoms with Crippen molar-refractivity contribution < 1.29 is 19.1 Å². The number of carbonyl (C=O) groups is 2. The van der Waals surface area contributed by atoms with Gasteiger partial charge in [-0.2, -0.15) is 0 Å². The summed E-state index contributed by atoms with van der Waals surface area (Å²) in [6.07, 6.45) is -0.833. The number of fused-ring (bicyclic) bond motifs is 1. The molecule has 1 atom stereocenters. The first-order valence-corrected chi connectivity index (χ1v) is 11.4. The van der Waals surface area contributed by atoms with Crippen molar-refractivity contribution in [3.8, 4) is 17.2 Å². The number of nitrogens with one attached hydrogen (secondary N) is 2. The molecule has 36 heavy (non-hydrogen) atoms. The minimum atomic E-state index is -0.833. The number of para-hydroxylation sites is 3. The van der Waals surface area contributed by atoms with E-state index < -0.39 is 17.9 Å². The average Bonchev–Trinajstić information content (AvgIpc) is 3.11. The van der Waals surface area contributed by atoms with Gasteiger partial charge in [-0.3, -0.25) is 19.1 Å². The number of amides is 2. The van der Waals surface area contributed by atoms with Crippen molar-refractivity contribution in [1.82, 2.24) is 9.36 Å². The molecule has 0 unspecified atom stereocenters. The molecule has 9 nitrogen and oxygen atoms in total. The number of hydrogen-bond acceptors (Lipinski definition) is 5. The van der Waals surface area contributed by atoms with E-state index in [9.17, 15) is 14.4 Å². The van der Waals surface area contributed by atoms with Gasteiger partial charge in [-0.15, -0.1) is 0 Å². The van der Waals surface area contributed by atoms with Gasteiger partial charge in [0.25, 0.3) is 17.4 Å². The van der Waals surface area contributed by atoms with E-state index in [1.165, 1.54) is 4.68 Å². The van der Waals surface area contributed by atoms with Gasteiger partial charge in [0.1, 0.15) is 12.3 Å². The molecule has 9 heteroatoms. The highest BCUT2D eigenvalue weighted by atomic mass is 16.6. The van der Waals surface area contributed by atoms with Crippen LogP contribution < -0.4 is 25.7 Å². The molecular formula is C27H24N4O5. The summed E-state index contributed by atoms with van der Waals surface area (Å²) in [4.78, 5) is 38.9. The van der Waals surface area contributed by atoms with E-state index in [1.807, 2.05) is 36.4 Å². The molecule has 0 bridgehead atoms. The van der Waals surface area contributed by atoms with Crippen molar-refractivity contribution >= 4 is 23.2 Å². The Morgan fingerprint density at radius 1 is 0.917 bits per heavy atom. The summed E-state index contributed by atoms with van der Waals surface area (Å²) in [5.74, 6) is 0.217. The van der Waals surface area contributed by atoms with Gasteiger partial charge >= 0.3 is 0 Å². The van der Waals surface area contributed by atoms with E-state index in [1.54, 1.807) is 61.1 Å². The van der Waals surface area contributed by atoms with Crippen LogP contribution in [-0.4, -0.2) is 33.9 Å². The van der Waals surface area contributed by atoms with Crippen molar-refractivity contribution in [3.05, 3.63) is 100 Å². The Kier molecular flexibility index (Phi) is 6.03. The molecular weight excluding hydrogens is 460 g/mol. The molecule has 182 valence electrons. The number of ether oxygens (including phenoxy) is 2. The number of anilines is 2. The molecule has 4 aromatic rings. The van der Waals surface area contributed by atoms with Crippen LogP contribution in [0.2, 0.25) is 0 Å². The lowest BCUT2D eigenvalue weighted by Gasteiger charge is -2.25. The van der Waals surface area contributed by atoms with Crippen LogP contribution >= 0.6 is 0 Å². The Morgan fingerprint density at radius 2 is 1.64 bits per heavy atom. The van der Waals surface area contributed by atoms with Gasteiger partial charge in [0.15, 0.2) is 11.5 Å². The lowest BCUT2D eigenvalue weighted by atomic mass is 10.1. The fourth-order valence-corrected chi connectivity index (χ4v) is 4.01. The predicted octanol–water partition coefficient (Wildman–Crippen LogP) is 3.52. The van der Waals surface area contributed by atoms with Gasteiger partial charge < -0.3 is 20.1 Å². The fraction of sp³-hybridized carbons (Fsp3) is 0.148. The number of hydrogen-bond donors (Lipinski definition) is 2. The predicted molar refractivity (Wildman–Crippen MR) is 135 cm³/mol. The number of nitrogens with zero attached hydrogens (tertiary/aromatic N) is 2. The first-order chi connectivity index (χ1) is 17.4. The molecule has 0 aliphatic carbocycles. The molecule has 3 aromatic carbocycles. The van der Waals surface area contributed by atoms with E-state index in [0.717, 1.165) is 0 Å². The second-order valence-electron chi connectivity index (χ2n) is 8.32. The molecule has 5 rings (SSSR count). The Morgan fingerprint density at radius 3 is 2.42 bits per heavy atom. The fourth-order valence-electron chi connectivity index (χ4n) is 4.01. The minimum Gasteiger partial charge on any atom is -0.485 e. The van der Waals surface area contributed by atoms with Gasteiger partial charge in [0.2, 0.25) is 6.10 Å². The topological polar surface area (TPSA) is 104 Å². The normalized spacial score (nSPS) is 14.2. The van der Waals surface area contributed by atoms with Crippen molar-refractivity contribution in [1.29, 1.82) is 0 Å². The Hall–Kier alpha value is -4.79. The lowest BCUT2D eigenvalue weighted by molar-refractivity contribution is -0.125. The summed E-state index contributed by atoms with van der Waals surface area (Å²) >= 11 is 0. The molecule has 0 saturated carbocycles. The zero-order chi connectivity index (χ0) is 25.2. The highest BCUT2D eigenvalue weighted by molar-refractivity contribution is 6.05. The zero-order valence-corrected chi connectivity index (χ0v) is 19.7. The molecule has 1 aliphatic rings. The van der Waals surface area contributed by atoms with Crippen molar-refractivity contribution in [2.45, 2.75) is 13.0 Å². The van der Waals surface area contributed by atoms with E-state index in [2.05, 4.69) is 10.6 Å². The third-order valence-corrected chi connectivity index (χ3v) is 5.99. The number of rotatable bonds is 5. The molecule has 1 aliphatic heterocycles. The first kappa shape index (κ1) is 23.0. The molecule has 0 fully saturated rings. The minimum absolute atomic E-state index is 0.0734. The molecule has 0 saturated heterocycles. The lowest BCUT2D eigenvalue weighted by Crippen LogP contribution is -2.40. The van der Waals surface area contributed by atoms with Gasteiger partial charge in [-0.05, 0) is 49.4 Å². The summed E-state index contributed by atoms with van der Waals surface area (Å²) in [7, 11) is 1.75. The molecule has 0 spiro atoms. The van der Waals surface area contributed by atoms with Crippen LogP contribution in [0.4, 0.5) is 11.4 Å². The van der Waals surface area contributed by atoms with Crippen LogP contribution in [0, 0.1) is 6.92 Å². The standard InChI is InChI=1S/C27H24N4O5/c1-17-24(27(34)31(30(17)2)20-11-4-3-5-12-20)29-25(32)18-9-8-10-19(15-18)28-26(33)23-16-35-21-13-6-7-14-22(21)36-23/h3-15,23H,16H2,1-2H3,(H,28,33)(H,29,32)/t23-/m1/s1. The second-order valence-corrected chi connectivity index (χ2v) is 8.32. The third kappa shape index (κ3) is 4.34. The van der Waals surface area contributed by atoms with E-state index in [4.69, 9.17) is 9.47 Å². The molecule has 1 aromatic heterocycles. The van der Waals surface area contributed by atoms with Crippen LogP contribution in [0.25, 0.3) is 5.69 Å². The zero-order valence-electron chi connectivity index (χ0n) is 19.7. The Balaban J connectivity index is 1.31. The van der Waals surface area contributed by atoms with E-state index >= 15 is 0 Å². The van der Waals surface area contributed by atoms with Crippen molar-refractivity contribution in [2.75, 3.05) is 17.2 Å². The van der Waals surface area contributed by atoms with E-state index in [-0.39, 0.29) is 23.4 Å². The van der Waals surface area contributed by atoms with Crippen LogP contribution in [-0.2, 0) is 11.8 Å². The van der Waals surface area contributed by atoms with Gasteiger partial charge in [0.05, 0.1) is 11.4 Å². The summed E-state index contributed by atoms with van der Waals surface area (Å²) in [5.41, 5.74) is 1.85. The summed E-state index contributed by atoms with van der Waals surface area (Å²) in [6.45, 7) is 1.83. The molecule has 0 radical (unpaired) electrons. The number of aromatic nitrogens is 2. The molecule has 2 N–H and O–H groups in total. The van der Waals surface area contributed by atoms with Crippen molar-refractivity contribution in [3.63, 3.8) is 0 Å². The maximum atomic E-state index is 13.1. The molecule has 2 heterocycles. The van der Waals surface area contributed by atoms with Gasteiger partial charge in [-0.1, -0.05) is 36.4 Å². The maximum Gasteiger partial charge on any atom is 0.295 e. The van der Waals surface area contributed by atoms with Gasteiger partial charge in [0, 0.05) is 18.3 Å². The first-order valence-electron chi connectivity index (χ1n) is 11.4. The van der Waals surface area contributed by atoms with Gasteiger partial charge in [-0.25, -0.2) is 4.68 Å². The van der Waals surface area contributed by atoms with Crippen LogP contribution in [0.1, 0.15) is 16.1 Å². The summed E-state index contributed by atoms with van der Waals surface area (Å²) in [6, 6.07) is 22.8. The monoisotopic (exact) mass is 484 g/mol. The Bertz CT molecular complexity index is 1510. The summed E-state index contributed by atoms with van der Waals surface area (Å²) in [5, 5.41) is 5.50. The quantitative estimate of drug-likeness (QED) is 0.451. The maximum absolute atomic E-state index is 13.1. The molecule has 2 amide bonds. The second kappa shape index (κ2) is 9.46. The third-order valence-electron chi connectivity index (χ3n) is 5.99. The summed E-state index contributed by atoms with van der Waals surface area (Å²) < 4.78 is 14.5. The van der Waals surface area contributed by atoms with Crippen LogP contribution in [0.5, 0.6) is 11.5 Å². The largest absolute Gasteiger partial charge is 0.485 e. The Labute approximate surface area is 206 Å². The van der Waals surface area contributed by atoms with E-state index in [0.29, 0.717) is 28.6 Å². The number of benzene rings is 3. The SMILES string of the molecule is Cc1c(NC(=O)c2cccc(NC(=O)[C@H]3COc4ccccc4O3)c2)c(=O)n(-c2ccccc2)n1C. The highest BCUT2D eigenvalue weighted by Crippen LogP contribution is 2.31. The highest BCUT2D eigenvalue weighted by Gasteiger charge is 2.27.